The first-order chi connectivity index (χ1) is 16.0. The summed E-state index contributed by atoms with van der Waals surface area (Å²) in [4.78, 5) is 21.1. The fourth-order valence-electron chi connectivity index (χ4n) is 3.78. The summed E-state index contributed by atoms with van der Waals surface area (Å²) in [5.41, 5.74) is -0.205. The van der Waals surface area contributed by atoms with E-state index in [9.17, 15) is 31.8 Å². The Labute approximate surface area is 226 Å². The van der Waals surface area contributed by atoms with Crippen molar-refractivity contribution in [2.24, 2.45) is 0 Å². The molecule has 0 bridgehead atoms. The number of hydrogen-bond donors (Lipinski definition) is 4. The van der Waals surface area contributed by atoms with Crippen LogP contribution in [0, 0.1) is 5.82 Å². The third-order valence-electron chi connectivity index (χ3n) is 5.42. The van der Waals surface area contributed by atoms with Crippen LogP contribution in [0.4, 0.5) is 10.2 Å². The Kier molecular flexibility index (Phi) is 8.31. The molecule has 14 heteroatoms. The normalized spacial score (nSPS) is 16.4. The summed E-state index contributed by atoms with van der Waals surface area (Å²) >= 11 is 0. The van der Waals surface area contributed by atoms with Gasteiger partial charge >= 0.3 is 29.6 Å². The Morgan fingerprint density at radius 3 is 2.71 bits per heavy atom. The average Bonchev–Trinajstić information content (AvgIpc) is 2.78. The minimum Gasteiger partial charge on any atom is -1.00 e. The van der Waals surface area contributed by atoms with Crippen molar-refractivity contribution in [3.05, 3.63) is 53.6 Å². The van der Waals surface area contributed by atoms with Crippen LogP contribution in [0.1, 0.15) is 30.3 Å². The Morgan fingerprint density at radius 2 is 2.03 bits per heavy atom. The second-order valence-corrected chi connectivity index (χ2v) is 12.0. The second kappa shape index (κ2) is 10.5. The average molecular weight is 535 g/mol. The van der Waals surface area contributed by atoms with Gasteiger partial charge in [-0.25, -0.2) is 17.8 Å². The molecule has 0 radical (unpaired) electrons. The largest absolute Gasteiger partial charge is 1.00 e. The van der Waals surface area contributed by atoms with E-state index in [0.717, 1.165) is 18.4 Å². The standard InChI is InChI=1S/C21H23FN4O6S2.Na.H/c1-33(29,30)16-11-14(22)7-6-13(16)12-24-21(28)18-19(27)17-15(5-4-8-23-17)20(25-18)26-9-2-3-10-34(26,31)32;;/h4-8,11,27,31-32H,2-3,9-10,12H2,1H3,(H,24,28);;/q;+1;-1. The number of hydrogen-bond acceptors (Lipinski definition) is 9. The van der Waals surface area contributed by atoms with Gasteiger partial charge in [-0.2, -0.15) is 0 Å². The molecule has 10 nitrogen and oxygen atoms in total. The van der Waals surface area contributed by atoms with Crippen molar-refractivity contribution >= 4 is 43.2 Å². The molecule has 2 aromatic heterocycles. The van der Waals surface area contributed by atoms with Gasteiger partial charge in [-0.05, 0) is 42.7 Å². The number of pyridine rings is 2. The van der Waals surface area contributed by atoms with E-state index in [-0.39, 0.29) is 65.1 Å². The van der Waals surface area contributed by atoms with Gasteiger partial charge in [0, 0.05) is 30.9 Å². The first kappa shape index (κ1) is 27.6. The number of carbonyl (C=O) groups excluding carboxylic acids is 1. The van der Waals surface area contributed by atoms with Crippen molar-refractivity contribution in [1.82, 2.24) is 15.3 Å². The Hall–Kier alpha value is -2.00. The second-order valence-electron chi connectivity index (χ2n) is 7.88. The summed E-state index contributed by atoms with van der Waals surface area (Å²) in [6, 6.07) is 6.39. The van der Waals surface area contributed by atoms with Crippen LogP contribution >= 0.6 is 10.8 Å². The van der Waals surface area contributed by atoms with Gasteiger partial charge in [-0.1, -0.05) is 6.07 Å². The number of carbonyl (C=O) groups is 1. The maximum atomic E-state index is 13.6. The number of nitrogens with one attached hydrogen (secondary N) is 1. The van der Waals surface area contributed by atoms with Crippen LogP contribution in [-0.4, -0.2) is 57.1 Å². The number of halogens is 1. The number of rotatable bonds is 5. The number of nitrogens with zero attached hydrogens (tertiary/aromatic N) is 3. The topological polar surface area (TPSA) is 153 Å². The maximum absolute atomic E-state index is 13.6. The molecular weight excluding hydrogens is 510 g/mol. The number of amides is 1. The molecule has 1 aliphatic heterocycles. The first-order valence-electron chi connectivity index (χ1n) is 10.3. The minimum atomic E-state index is -3.77. The SMILES string of the molecule is CS(=O)(=O)c1cc(F)ccc1CNC(=O)c1nc(N2CCCCS2(O)O)c2cccnc2c1O.[H-].[Na+]. The molecule has 184 valence electrons. The van der Waals surface area contributed by atoms with Crippen molar-refractivity contribution in [3.63, 3.8) is 0 Å². The molecular formula is C21H24FN4NaO6S2. The van der Waals surface area contributed by atoms with Gasteiger partial charge in [0.25, 0.3) is 5.91 Å². The van der Waals surface area contributed by atoms with E-state index in [1.807, 2.05) is 0 Å². The zero-order chi connectivity index (χ0) is 24.7. The number of sulfone groups is 1. The molecule has 35 heavy (non-hydrogen) atoms. The van der Waals surface area contributed by atoms with Crippen LogP contribution in [0.3, 0.4) is 0 Å². The fraction of sp³-hybridized carbons (Fsp3) is 0.286. The van der Waals surface area contributed by atoms with Crippen LogP contribution in [0.5, 0.6) is 5.75 Å². The van der Waals surface area contributed by atoms with E-state index in [2.05, 4.69) is 15.3 Å². The molecule has 4 N–H and O–H groups in total. The van der Waals surface area contributed by atoms with Crippen LogP contribution < -0.4 is 39.2 Å². The van der Waals surface area contributed by atoms with E-state index in [1.54, 1.807) is 12.1 Å². The summed E-state index contributed by atoms with van der Waals surface area (Å²) < 4.78 is 60.1. The molecule has 4 rings (SSSR count). The van der Waals surface area contributed by atoms with Crippen molar-refractivity contribution < 1.29 is 62.8 Å². The number of aromatic nitrogens is 2. The summed E-state index contributed by atoms with van der Waals surface area (Å²) in [7, 11) is -6.94. The number of benzene rings is 1. The molecule has 0 atom stereocenters. The van der Waals surface area contributed by atoms with E-state index in [0.29, 0.717) is 24.8 Å². The molecule has 1 saturated heterocycles. The van der Waals surface area contributed by atoms with Crippen molar-refractivity contribution in [2.75, 3.05) is 22.9 Å². The Bertz CT molecular complexity index is 1400. The first-order valence-corrected chi connectivity index (χ1v) is 13.8. The van der Waals surface area contributed by atoms with Crippen molar-refractivity contribution in [2.45, 2.75) is 24.3 Å². The summed E-state index contributed by atoms with van der Waals surface area (Å²) in [5, 5.41) is 13.6. The van der Waals surface area contributed by atoms with Gasteiger partial charge in [0.2, 0.25) is 0 Å². The predicted octanol–water partition coefficient (Wildman–Crippen LogP) is 0.190. The molecule has 0 spiro atoms. The van der Waals surface area contributed by atoms with Gasteiger partial charge in [0.1, 0.15) is 11.3 Å². The van der Waals surface area contributed by atoms with Crippen molar-refractivity contribution in [3.8, 4) is 5.75 Å². The van der Waals surface area contributed by atoms with Crippen LogP contribution in [-0.2, 0) is 16.4 Å². The Morgan fingerprint density at radius 1 is 1.29 bits per heavy atom. The molecule has 0 aliphatic carbocycles. The minimum absolute atomic E-state index is 0. The molecule has 0 unspecified atom stereocenters. The molecule has 1 amide bonds. The molecule has 3 heterocycles. The van der Waals surface area contributed by atoms with Crippen LogP contribution in [0.2, 0.25) is 0 Å². The third kappa shape index (κ3) is 5.71. The zero-order valence-electron chi connectivity index (χ0n) is 20.1. The van der Waals surface area contributed by atoms with Gasteiger partial charge in [-0.3, -0.25) is 23.2 Å². The van der Waals surface area contributed by atoms with E-state index < -0.39 is 43.8 Å². The fourth-order valence-corrected chi connectivity index (χ4v) is 6.38. The monoisotopic (exact) mass is 534 g/mol. The summed E-state index contributed by atoms with van der Waals surface area (Å²) in [6.45, 7) is 0.00951. The zero-order valence-corrected chi connectivity index (χ0v) is 22.7. The van der Waals surface area contributed by atoms with E-state index in [4.69, 9.17) is 0 Å². The van der Waals surface area contributed by atoms with Crippen molar-refractivity contribution in [1.29, 1.82) is 0 Å². The smallest absolute Gasteiger partial charge is 1.00 e. The van der Waals surface area contributed by atoms with E-state index >= 15 is 0 Å². The number of aromatic hydroxyl groups is 1. The summed E-state index contributed by atoms with van der Waals surface area (Å²) in [6.07, 6.45) is 3.65. The number of anilines is 1. The van der Waals surface area contributed by atoms with Gasteiger partial charge in [0.15, 0.2) is 27.1 Å². The third-order valence-corrected chi connectivity index (χ3v) is 8.49. The molecule has 1 aliphatic rings. The molecule has 1 aromatic carbocycles. The molecule has 1 fully saturated rings. The van der Waals surface area contributed by atoms with Gasteiger partial charge in [-0.15, -0.1) is 10.8 Å². The maximum Gasteiger partial charge on any atom is 1.00 e. The molecule has 0 saturated carbocycles. The summed E-state index contributed by atoms with van der Waals surface area (Å²) in [5.74, 6) is -1.83. The van der Waals surface area contributed by atoms with E-state index in [1.165, 1.54) is 16.6 Å². The quantitative estimate of drug-likeness (QED) is 0.336. The number of fused-ring (bicyclic) bond motifs is 1. The van der Waals surface area contributed by atoms with Gasteiger partial charge in [0.05, 0.1) is 10.6 Å². The predicted molar refractivity (Wildman–Crippen MR) is 127 cm³/mol. The molecule has 3 aromatic rings. The van der Waals surface area contributed by atoms with Gasteiger partial charge < -0.3 is 11.8 Å². The Balaban J connectivity index is 0.00000228. The van der Waals surface area contributed by atoms with Crippen LogP contribution in [0.15, 0.2) is 41.4 Å². The van der Waals surface area contributed by atoms with Crippen LogP contribution in [0.25, 0.3) is 10.9 Å².